The lowest BCUT2D eigenvalue weighted by Gasteiger charge is -2.16. The molecule has 0 aliphatic heterocycles. The van der Waals surface area contributed by atoms with Crippen molar-refractivity contribution in [2.75, 3.05) is 0 Å². The molecule has 0 unspecified atom stereocenters. The van der Waals surface area contributed by atoms with E-state index in [0.717, 1.165) is 5.56 Å². The van der Waals surface area contributed by atoms with Crippen LogP contribution in [-0.2, 0) is 12.1 Å². The molecule has 3 nitrogen and oxygen atoms in total. The third-order valence-electron chi connectivity index (χ3n) is 1.69. The molecule has 66 valence electrons. The minimum absolute atomic E-state index is 0.478. The van der Waals surface area contributed by atoms with Gasteiger partial charge in [0.25, 0.3) is 0 Å². The lowest BCUT2D eigenvalue weighted by Crippen LogP contribution is -2.17. The smallest absolute Gasteiger partial charge is 0.101 e. The molecule has 0 atom stereocenters. The van der Waals surface area contributed by atoms with Crippen molar-refractivity contribution in [3.63, 3.8) is 0 Å². The van der Waals surface area contributed by atoms with Gasteiger partial charge in [-0.2, -0.15) is 0 Å². The Labute approximate surface area is 72.2 Å². The van der Waals surface area contributed by atoms with Crippen LogP contribution in [0.5, 0.6) is 0 Å². The average molecular weight is 166 g/mol. The van der Waals surface area contributed by atoms with Crippen LogP contribution in [-0.4, -0.2) is 10.1 Å². The first-order valence-electron chi connectivity index (χ1n) is 3.92. The quantitative estimate of drug-likeness (QED) is 0.682. The van der Waals surface area contributed by atoms with E-state index in [1.165, 1.54) is 0 Å². The predicted molar refractivity (Wildman–Crippen MR) is 47.4 cm³/mol. The van der Waals surface area contributed by atoms with E-state index in [-0.39, 0.29) is 0 Å². The van der Waals surface area contributed by atoms with Gasteiger partial charge in [-0.25, -0.2) is 0 Å². The van der Waals surface area contributed by atoms with Crippen LogP contribution in [0.15, 0.2) is 18.3 Å². The minimum atomic E-state index is -0.884. The molecule has 0 aliphatic rings. The van der Waals surface area contributed by atoms with Gasteiger partial charge in [0.15, 0.2) is 0 Å². The van der Waals surface area contributed by atoms with Gasteiger partial charge < -0.3 is 10.8 Å². The maximum atomic E-state index is 9.61. The van der Waals surface area contributed by atoms with E-state index in [1.807, 2.05) is 12.1 Å². The van der Waals surface area contributed by atoms with E-state index in [1.54, 1.807) is 20.0 Å². The van der Waals surface area contributed by atoms with E-state index in [4.69, 9.17) is 5.73 Å². The fraction of sp³-hybridized carbons (Fsp3) is 0.444. The average Bonchev–Trinajstić information content (AvgIpc) is 2.03. The molecule has 1 aromatic heterocycles. The Morgan fingerprint density at radius 2 is 2.25 bits per heavy atom. The number of hydrogen-bond acceptors (Lipinski definition) is 3. The zero-order valence-corrected chi connectivity index (χ0v) is 7.41. The summed E-state index contributed by atoms with van der Waals surface area (Å²) >= 11 is 0. The van der Waals surface area contributed by atoms with Crippen molar-refractivity contribution in [1.82, 2.24) is 4.98 Å². The van der Waals surface area contributed by atoms with E-state index >= 15 is 0 Å². The number of aromatic nitrogens is 1. The number of nitrogens with two attached hydrogens (primary N) is 1. The highest BCUT2D eigenvalue weighted by Gasteiger charge is 2.17. The third-order valence-corrected chi connectivity index (χ3v) is 1.69. The molecule has 0 radical (unpaired) electrons. The normalized spacial score (nSPS) is 11.7. The van der Waals surface area contributed by atoms with Gasteiger partial charge in [0.1, 0.15) is 5.60 Å². The molecule has 0 spiro atoms. The van der Waals surface area contributed by atoms with Gasteiger partial charge in [-0.15, -0.1) is 0 Å². The molecular weight excluding hydrogens is 152 g/mol. The first-order chi connectivity index (χ1) is 5.54. The largest absolute Gasteiger partial charge is 0.384 e. The van der Waals surface area contributed by atoms with Crippen LogP contribution in [0.2, 0.25) is 0 Å². The molecule has 1 rings (SSSR count). The third kappa shape index (κ3) is 2.03. The number of aliphatic hydroxyl groups is 1. The summed E-state index contributed by atoms with van der Waals surface area (Å²) in [6, 6.07) is 3.66. The van der Waals surface area contributed by atoms with Gasteiger partial charge in [-0.1, -0.05) is 0 Å². The Kier molecular flexibility index (Phi) is 2.45. The lowest BCUT2D eigenvalue weighted by molar-refractivity contribution is 0.0737. The van der Waals surface area contributed by atoms with Crippen molar-refractivity contribution in [2.45, 2.75) is 26.0 Å². The van der Waals surface area contributed by atoms with Crippen molar-refractivity contribution in [1.29, 1.82) is 0 Å². The van der Waals surface area contributed by atoms with Crippen LogP contribution < -0.4 is 5.73 Å². The summed E-state index contributed by atoms with van der Waals surface area (Å²) in [4.78, 5) is 4.05. The Morgan fingerprint density at radius 3 is 2.75 bits per heavy atom. The zero-order valence-electron chi connectivity index (χ0n) is 7.41. The standard InChI is InChI=1S/C9H14N2O/c1-9(2,12)8-5-7(6-10)3-4-11-8/h3-5,12H,6,10H2,1-2H3. The monoisotopic (exact) mass is 166 g/mol. The minimum Gasteiger partial charge on any atom is -0.384 e. The molecule has 0 amide bonds. The van der Waals surface area contributed by atoms with Crippen LogP contribution in [0.4, 0.5) is 0 Å². The van der Waals surface area contributed by atoms with Crippen LogP contribution in [0, 0.1) is 0 Å². The molecular formula is C9H14N2O. The summed E-state index contributed by atoms with van der Waals surface area (Å²) in [5.41, 5.74) is 6.21. The van der Waals surface area contributed by atoms with E-state index < -0.39 is 5.60 Å². The summed E-state index contributed by atoms with van der Waals surface area (Å²) in [6.45, 7) is 3.89. The zero-order chi connectivity index (χ0) is 9.19. The van der Waals surface area contributed by atoms with Gasteiger partial charge in [-0.3, -0.25) is 4.98 Å². The topological polar surface area (TPSA) is 59.1 Å². The second-order valence-corrected chi connectivity index (χ2v) is 3.31. The first-order valence-corrected chi connectivity index (χ1v) is 3.92. The molecule has 0 aromatic carbocycles. The highest BCUT2D eigenvalue weighted by atomic mass is 16.3. The molecule has 1 aromatic rings. The number of rotatable bonds is 2. The van der Waals surface area contributed by atoms with Crippen LogP contribution in [0.25, 0.3) is 0 Å². The molecule has 0 saturated heterocycles. The van der Waals surface area contributed by atoms with E-state index in [2.05, 4.69) is 4.98 Å². The van der Waals surface area contributed by atoms with E-state index in [9.17, 15) is 5.11 Å². The summed E-state index contributed by atoms with van der Waals surface area (Å²) in [6.07, 6.45) is 1.66. The lowest BCUT2D eigenvalue weighted by atomic mass is 10.0. The summed E-state index contributed by atoms with van der Waals surface area (Å²) in [5, 5.41) is 9.61. The Balaban J connectivity index is 3.02. The van der Waals surface area contributed by atoms with Crippen molar-refractivity contribution in [2.24, 2.45) is 5.73 Å². The van der Waals surface area contributed by atoms with E-state index in [0.29, 0.717) is 12.2 Å². The summed E-state index contributed by atoms with van der Waals surface area (Å²) in [7, 11) is 0. The summed E-state index contributed by atoms with van der Waals surface area (Å²) in [5.74, 6) is 0. The SMILES string of the molecule is CC(C)(O)c1cc(CN)ccn1. The molecule has 0 fully saturated rings. The number of hydrogen-bond donors (Lipinski definition) is 2. The van der Waals surface area contributed by atoms with Crippen molar-refractivity contribution >= 4 is 0 Å². The van der Waals surface area contributed by atoms with Crippen molar-refractivity contribution in [3.05, 3.63) is 29.6 Å². The van der Waals surface area contributed by atoms with Gasteiger partial charge in [0.2, 0.25) is 0 Å². The van der Waals surface area contributed by atoms with Crippen molar-refractivity contribution < 1.29 is 5.11 Å². The maximum absolute atomic E-state index is 9.61. The summed E-state index contributed by atoms with van der Waals surface area (Å²) < 4.78 is 0. The Morgan fingerprint density at radius 1 is 1.58 bits per heavy atom. The first kappa shape index (κ1) is 9.16. The van der Waals surface area contributed by atoms with Gasteiger partial charge >= 0.3 is 0 Å². The second-order valence-electron chi connectivity index (χ2n) is 3.31. The highest BCUT2D eigenvalue weighted by molar-refractivity contribution is 5.19. The number of nitrogens with zero attached hydrogens (tertiary/aromatic N) is 1. The molecule has 0 aliphatic carbocycles. The number of pyridine rings is 1. The highest BCUT2D eigenvalue weighted by Crippen LogP contribution is 2.17. The van der Waals surface area contributed by atoms with Crippen molar-refractivity contribution in [3.8, 4) is 0 Å². The molecule has 0 saturated carbocycles. The Hall–Kier alpha value is -0.930. The van der Waals surface area contributed by atoms with Crippen LogP contribution in [0.1, 0.15) is 25.1 Å². The Bertz CT molecular complexity index is 265. The van der Waals surface area contributed by atoms with Gasteiger partial charge in [0, 0.05) is 12.7 Å². The molecule has 0 bridgehead atoms. The molecule has 1 heterocycles. The van der Waals surface area contributed by atoms with Gasteiger partial charge in [0.05, 0.1) is 5.69 Å². The van der Waals surface area contributed by atoms with Crippen LogP contribution in [0.3, 0.4) is 0 Å². The fourth-order valence-corrected chi connectivity index (χ4v) is 0.936. The maximum Gasteiger partial charge on any atom is 0.101 e. The molecule has 3 N–H and O–H groups in total. The van der Waals surface area contributed by atoms with Crippen LogP contribution >= 0.6 is 0 Å². The van der Waals surface area contributed by atoms with Gasteiger partial charge in [-0.05, 0) is 31.5 Å². The second kappa shape index (κ2) is 3.21. The molecule has 12 heavy (non-hydrogen) atoms. The fourth-order valence-electron chi connectivity index (χ4n) is 0.936. The predicted octanol–water partition coefficient (Wildman–Crippen LogP) is 0.768. The molecule has 3 heteroatoms.